The molecule has 5 rings (SSSR count). The number of sulfonamides is 1. The monoisotopic (exact) mass is 539 g/mol. The topological polar surface area (TPSA) is 122 Å². The Morgan fingerprint density at radius 3 is 2.47 bits per heavy atom. The number of hydrogen-bond acceptors (Lipinski definition) is 10. The molecule has 36 heavy (non-hydrogen) atoms. The van der Waals surface area contributed by atoms with E-state index in [0.717, 1.165) is 11.3 Å². The van der Waals surface area contributed by atoms with Crippen LogP contribution in [0, 0.1) is 6.92 Å². The fourth-order valence-electron chi connectivity index (χ4n) is 4.65. The first-order valence-corrected chi connectivity index (χ1v) is 13.8. The number of nitrogens with zero attached hydrogens (tertiary/aromatic N) is 5. The van der Waals surface area contributed by atoms with Gasteiger partial charge in [0.05, 0.1) is 34.9 Å². The molecule has 0 amide bonds. The second kappa shape index (κ2) is 9.17. The summed E-state index contributed by atoms with van der Waals surface area (Å²) in [6.45, 7) is 9.41. The lowest BCUT2D eigenvalue weighted by atomic mass is 10.0. The van der Waals surface area contributed by atoms with Gasteiger partial charge in [-0.15, -0.1) is 10.2 Å². The molecule has 0 unspecified atom stereocenters. The third-order valence-corrected chi connectivity index (χ3v) is 8.68. The zero-order valence-electron chi connectivity index (χ0n) is 20.2. The minimum Gasteiger partial charge on any atom is -0.377 e. The molecule has 0 aliphatic carbocycles. The van der Waals surface area contributed by atoms with Crippen molar-refractivity contribution in [1.29, 1.82) is 0 Å². The zero-order valence-corrected chi connectivity index (χ0v) is 21.9. The van der Waals surface area contributed by atoms with Crippen LogP contribution in [0.2, 0.25) is 0 Å². The first-order chi connectivity index (χ1) is 16.9. The van der Waals surface area contributed by atoms with Crippen molar-refractivity contribution in [1.82, 2.24) is 30.2 Å². The molecule has 0 bridgehead atoms. The first kappa shape index (κ1) is 25.3. The molecular weight excluding hydrogens is 512 g/mol. The molecule has 2 aliphatic heterocycles. The Morgan fingerprint density at radius 2 is 1.89 bits per heavy atom. The van der Waals surface area contributed by atoms with E-state index >= 15 is 0 Å². The molecule has 2 aromatic heterocycles. The van der Waals surface area contributed by atoms with Gasteiger partial charge in [0.1, 0.15) is 11.5 Å². The van der Waals surface area contributed by atoms with Crippen LogP contribution < -0.4 is 14.9 Å². The Hall–Kier alpha value is -2.39. The van der Waals surface area contributed by atoms with E-state index in [1.165, 1.54) is 6.07 Å². The zero-order chi connectivity index (χ0) is 25.8. The van der Waals surface area contributed by atoms with Gasteiger partial charge in [0.2, 0.25) is 10.0 Å². The van der Waals surface area contributed by atoms with E-state index in [9.17, 15) is 17.2 Å². The average molecular weight is 540 g/mol. The molecule has 0 spiro atoms. The van der Waals surface area contributed by atoms with Crippen LogP contribution in [0.4, 0.5) is 14.5 Å². The molecule has 1 aromatic carbocycles. The number of nitrogens with one attached hydrogen (secondary N) is 2. The first-order valence-electron chi connectivity index (χ1n) is 11.5. The van der Waals surface area contributed by atoms with Crippen molar-refractivity contribution in [3.63, 3.8) is 0 Å². The Balaban J connectivity index is 1.73. The van der Waals surface area contributed by atoms with Crippen molar-refractivity contribution in [2.45, 2.75) is 56.6 Å². The molecule has 194 valence electrons. The molecule has 14 heteroatoms. The number of rotatable bonds is 6. The number of aryl methyl sites for hydroxylation is 1. The number of piperazine rings is 1. The fourth-order valence-corrected chi connectivity index (χ4v) is 6.78. The summed E-state index contributed by atoms with van der Waals surface area (Å²) in [6, 6.07) is 3.43. The van der Waals surface area contributed by atoms with Crippen molar-refractivity contribution in [3.8, 4) is 10.7 Å². The molecular formula is C22H27F2N7O3S2. The second-order valence-corrected chi connectivity index (χ2v) is 12.4. The molecule has 10 nitrogen and oxygen atoms in total. The summed E-state index contributed by atoms with van der Waals surface area (Å²) < 4.78 is 61.4. The Kier molecular flexibility index (Phi) is 6.44. The maximum atomic E-state index is 13.5. The lowest BCUT2D eigenvalue weighted by Gasteiger charge is -2.39. The van der Waals surface area contributed by atoms with Gasteiger partial charge in [0.25, 0.3) is 6.43 Å². The minimum atomic E-state index is -3.96. The number of alkyl halides is 2. The normalized spacial score (nSPS) is 22.2. The highest BCUT2D eigenvalue weighted by atomic mass is 32.2. The van der Waals surface area contributed by atoms with Gasteiger partial charge in [-0.1, -0.05) is 11.3 Å². The van der Waals surface area contributed by atoms with Gasteiger partial charge in [0, 0.05) is 30.6 Å². The smallest absolute Gasteiger partial charge is 0.291 e. The standard InChI is InChI=1S/C22H27F2N7O3S2/c1-11-7-31(8-12(2)25-11)16-6-14(36(32,33)30-22(4)9-34-10-22)5-15-17(16)26-13(3)27-18(15)20-28-29-21(35-20)19(23)24/h5-6,11-12,19,25,30H,7-10H2,1-4H3/t11-,12-/m0/s1. The quantitative estimate of drug-likeness (QED) is 0.487. The van der Waals surface area contributed by atoms with Crippen molar-refractivity contribution >= 4 is 38.0 Å². The highest BCUT2D eigenvalue weighted by molar-refractivity contribution is 7.89. The summed E-state index contributed by atoms with van der Waals surface area (Å²) in [7, 11) is -3.96. The molecule has 2 fully saturated rings. The third kappa shape index (κ3) is 4.79. The van der Waals surface area contributed by atoms with Gasteiger partial charge in [-0.3, -0.25) is 0 Å². The number of halogens is 2. The number of fused-ring (bicyclic) bond motifs is 1. The van der Waals surface area contributed by atoms with E-state index in [1.807, 2.05) is 0 Å². The lowest BCUT2D eigenvalue weighted by Crippen LogP contribution is -2.59. The van der Waals surface area contributed by atoms with Gasteiger partial charge in [0.15, 0.2) is 10.0 Å². The molecule has 2 N–H and O–H groups in total. The maximum Gasteiger partial charge on any atom is 0.291 e. The van der Waals surface area contributed by atoms with E-state index in [1.54, 1.807) is 19.9 Å². The van der Waals surface area contributed by atoms with E-state index in [0.29, 0.717) is 35.5 Å². The molecule has 0 radical (unpaired) electrons. The maximum absolute atomic E-state index is 13.5. The predicted molar refractivity (Wildman–Crippen MR) is 132 cm³/mol. The van der Waals surface area contributed by atoms with Crippen molar-refractivity contribution in [3.05, 3.63) is 23.0 Å². The van der Waals surface area contributed by atoms with E-state index in [2.05, 4.69) is 49.0 Å². The van der Waals surface area contributed by atoms with Crippen LogP contribution in [0.5, 0.6) is 0 Å². The van der Waals surface area contributed by atoms with Crippen LogP contribution >= 0.6 is 11.3 Å². The summed E-state index contributed by atoms with van der Waals surface area (Å²) in [6.07, 6.45) is -2.77. The molecule has 2 atom stereocenters. The van der Waals surface area contributed by atoms with E-state index < -0.39 is 27.0 Å². The van der Waals surface area contributed by atoms with Crippen LogP contribution in [-0.2, 0) is 14.8 Å². The summed E-state index contributed by atoms with van der Waals surface area (Å²) in [4.78, 5) is 11.3. The number of hydrogen-bond donors (Lipinski definition) is 2. The Bertz CT molecular complexity index is 1400. The number of ether oxygens (including phenoxy) is 1. The lowest BCUT2D eigenvalue weighted by molar-refractivity contribution is -0.0523. The minimum absolute atomic E-state index is 0.0317. The van der Waals surface area contributed by atoms with Crippen molar-refractivity contribution in [2.24, 2.45) is 0 Å². The average Bonchev–Trinajstić information content (AvgIpc) is 3.26. The Labute approximate surface area is 211 Å². The van der Waals surface area contributed by atoms with Crippen LogP contribution in [0.15, 0.2) is 17.0 Å². The van der Waals surface area contributed by atoms with Crippen molar-refractivity contribution < 1.29 is 21.9 Å². The van der Waals surface area contributed by atoms with Crippen LogP contribution in [0.25, 0.3) is 21.6 Å². The van der Waals surface area contributed by atoms with Gasteiger partial charge in [-0.05, 0) is 39.8 Å². The van der Waals surface area contributed by atoms with Gasteiger partial charge < -0.3 is 15.0 Å². The molecule has 0 saturated carbocycles. The molecule has 2 saturated heterocycles. The number of aromatic nitrogens is 4. The second-order valence-electron chi connectivity index (χ2n) is 9.74. The highest BCUT2D eigenvalue weighted by Crippen LogP contribution is 2.38. The predicted octanol–water partition coefficient (Wildman–Crippen LogP) is 2.65. The summed E-state index contributed by atoms with van der Waals surface area (Å²) in [5.41, 5.74) is 0.733. The molecule has 2 aliphatic rings. The molecule has 4 heterocycles. The number of benzene rings is 1. The fraction of sp³-hybridized carbons (Fsp3) is 0.545. The third-order valence-electron chi connectivity index (χ3n) is 6.13. The largest absolute Gasteiger partial charge is 0.377 e. The van der Waals surface area contributed by atoms with Crippen LogP contribution in [0.3, 0.4) is 0 Å². The SMILES string of the molecule is Cc1nc(-c2nnc(C(F)F)s2)c2cc(S(=O)(=O)NC3(C)COC3)cc(N3C[C@H](C)N[C@@H](C)C3)c2n1. The molecule has 3 aromatic rings. The Morgan fingerprint density at radius 1 is 1.19 bits per heavy atom. The summed E-state index contributed by atoms with van der Waals surface area (Å²) in [5, 5.41) is 11.2. The van der Waals surface area contributed by atoms with Gasteiger partial charge in [-0.2, -0.15) is 0 Å². The summed E-state index contributed by atoms with van der Waals surface area (Å²) in [5.74, 6) is 0.414. The van der Waals surface area contributed by atoms with Crippen LogP contribution in [0.1, 0.15) is 38.0 Å². The highest BCUT2D eigenvalue weighted by Gasteiger charge is 2.38. The van der Waals surface area contributed by atoms with Crippen LogP contribution in [-0.4, -0.2) is 72.5 Å². The summed E-state index contributed by atoms with van der Waals surface area (Å²) >= 11 is 0.728. The number of anilines is 1. The van der Waals surface area contributed by atoms with E-state index in [-0.39, 0.29) is 40.9 Å². The van der Waals surface area contributed by atoms with Gasteiger partial charge >= 0.3 is 0 Å². The van der Waals surface area contributed by atoms with Crippen molar-refractivity contribution in [2.75, 3.05) is 31.2 Å². The van der Waals surface area contributed by atoms with E-state index in [4.69, 9.17) is 4.74 Å². The van der Waals surface area contributed by atoms with Gasteiger partial charge in [-0.25, -0.2) is 31.9 Å².